The molecule has 0 radical (unpaired) electrons. The second kappa shape index (κ2) is 8.89. The summed E-state index contributed by atoms with van der Waals surface area (Å²) in [7, 11) is 0. The molecule has 0 fully saturated rings. The van der Waals surface area contributed by atoms with Crippen LogP contribution in [-0.4, -0.2) is 0 Å². The SMILES string of the molecule is c1ccc(-c2cc3c(-c4ccccc4)c4c5cccc6cccc(c65)c4c4c5ccccc5c(c2-c2ccccc2)c34)cc1. The standard InChI is InChI=1S/C44H26/c1-4-14-27(15-5-1)35-26-36-39(30-18-8-3-9-19-30)42-33-24-12-20-28-21-13-25-34(37(28)33)43(42)41-32-23-11-10-22-31(32)40(44(36)41)38(35)29-16-6-2-7-17-29/h1-26H. The molecule has 0 aromatic heterocycles. The second-order valence-corrected chi connectivity index (χ2v) is 11.9. The van der Waals surface area contributed by atoms with E-state index in [-0.39, 0.29) is 0 Å². The molecule has 10 aromatic rings. The molecule has 10 aromatic carbocycles. The minimum absolute atomic E-state index is 1.24. The Hall–Kier alpha value is -5.72. The number of benzene rings is 8. The summed E-state index contributed by atoms with van der Waals surface area (Å²) in [5.74, 6) is 0. The first-order valence-corrected chi connectivity index (χ1v) is 15.4. The molecule has 0 heterocycles. The molecule has 0 nitrogen and oxygen atoms in total. The molecule has 0 bridgehead atoms. The number of rotatable bonds is 3. The fourth-order valence-corrected chi connectivity index (χ4v) is 8.06. The molecule has 0 unspecified atom stereocenters. The van der Waals surface area contributed by atoms with Gasteiger partial charge in [0.05, 0.1) is 0 Å². The van der Waals surface area contributed by atoms with Gasteiger partial charge in [-0.05, 0) is 104 Å². The summed E-state index contributed by atoms with van der Waals surface area (Å²) in [4.78, 5) is 0. The monoisotopic (exact) mass is 554 g/mol. The highest BCUT2D eigenvalue weighted by Crippen LogP contribution is 2.56. The van der Waals surface area contributed by atoms with Crippen LogP contribution in [0.3, 0.4) is 0 Å². The summed E-state index contributed by atoms with van der Waals surface area (Å²) < 4.78 is 0. The van der Waals surface area contributed by atoms with Gasteiger partial charge in [0.25, 0.3) is 0 Å². The number of hydrogen-bond donors (Lipinski definition) is 0. The highest BCUT2D eigenvalue weighted by molar-refractivity contribution is 6.49. The summed E-state index contributed by atoms with van der Waals surface area (Å²) in [5.41, 5.74) is 7.65. The maximum Gasteiger partial charge on any atom is -0.000674 e. The van der Waals surface area contributed by atoms with E-state index in [9.17, 15) is 0 Å². The third-order valence-electron chi connectivity index (χ3n) is 9.72. The zero-order chi connectivity index (χ0) is 28.8. The van der Waals surface area contributed by atoms with Crippen molar-refractivity contribution in [3.05, 3.63) is 158 Å². The third kappa shape index (κ3) is 3.07. The van der Waals surface area contributed by atoms with Crippen LogP contribution in [0.25, 0.3) is 98.0 Å². The summed E-state index contributed by atoms with van der Waals surface area (Å²) in [6.45, 7) is 0. The maximum absolute atomic E-state index is 2.50. The second-order valence-electron chi connectivity index (χ2n) is 11.9. The van der Waals surface area contributed by atoms with Gasteiger partial charge in [-0.1, -0.05) is 152 Å². The zero-order valence-electron chi connectivity index (χ0n) is 24.0. The maximum atomic E-state index is 2.50. The average Bonchev–Trinajstić information content (AvgIpc) is 3.61. The lowest BCUT2D eigenvalue weighted by Gasteiger charge is -2.18. The van der Waals surface area contributed by atoms with Crippen molar-refractivity contribution in [3.8, 4) is 33.4 Å². The van der Waals surface area contributed by atoms with Gasteiger partial charge in [-0.15, -0.1) is 0 Å². The zero-order valence-corrected chi connectivity index (χ0v) is 24.0. The van der Waals surface area contributed by atoms with Crippen molar-refractivity contribution < 1.29 is 0 Å². The Morgan fingerprint density at radius 1 is 0.250 bits per heavy atom. The highest BCUT2D eigenvalue weighted by Gasteiger charge is 2.27. The van der Waals surface area contributed by atoms with Crippen LogP contribution < -0.4 is 0 Å². The van der Waals surface area contributed by atoms with E-state index in [1.165, 1.54) is 98.0 Å². The summed E-state index contributed by atoms with van der Waals surface area (Å²) in [5, 5.41) is 16.1. The Morgan fingerprint density at radius 3 is 1.32 bits per heavy atom. The van der Waals surface area contributed by atoms with Crippen LogP contribution >= 0.6 is 0 Å². The molecule has 0 aliphatic heterocycles. The molecular formula is C44H26. The van der Waals surface area contributed by atoms with Gasteiger partial charge in [0.2, 0.25) is 0 Å². The molecule has 0 aliphatic rings. The predicted octanol–water partition coefficient (Wildman–Crippen LogP) is 12.5. The molecule has 0 N–H and O–H groups in total. The van der Waals surface area contributed by atoms with E-state index < -0.39 is 0 Å². The van der Waals surface area contributed by atoms with E-state index in [1.807, 2.05) is 0 Å². The fourth-order valence-electron chi connectivity index (χ4n) is 8.06. The fraction of sp³-hybridized carbons (Fsp3) is 0. The molecule has 0 saturated heterocycles. The van der Waals surface area contributed by atoms with Gasteiger partial charge in [-0.3, -0.25) is 0 Å². The van der Waals surface area contributed by atoms with E-state index in [1.54, 1.807) is 0 Å². The molecule has 0 spiro atoms. The molecule has 0 aliphatic carbocycles. The molecule has 0 atom stereocenters. The van der Waals surface area contributed by atoms with Crippen LogP contribution in [0.15, 0.2) is 158 Å². The molecular weight excluding hydrogens is 528 g/mol. The van der Waals surface area contributed by atoms with Crippen LogP contribution in [0.4, 0.5) is 0 Å². The van der Waals surface area contributed by atoms with E-state index in [4.69, 9.17) is 0 Å². The van der Waals surface area contributed by atoms with Gasteiger partial charge in [0.15, 0.2) is 0 Å². The molecule has 202 valence electrons. The number of fused-ring (bicyclic) bond motifs is 7. The highest BCUT2D eigenvalue weighted by atomic mass is 14.3. The van der Waals surface area contributed by atoms with Gasteiger partial charge in [0, 0.05) is 0 Å². The van der Waals surface area contributed by atoms with Crippen LogP contribution in [0, 0.1) is 0 Å². The smallest absolute Gasteiger partial charge is 0.000674 e. The minimum atomic E-state index is 1.24. The Kier molecular flexibility index (Phi) is 4.81. The van der Waals surface area contributed by atoms with Crippen molar-refractivity contribution >= 4 is 64.6 Å². The van der Waals surface area contributed by atoms with Gasteiger partial charge >= 0.3 is 0 Å². The van der Waals surface area contributed by atoms with Crippen LogP contribution in [0.1, 0.15) is 0 Å². The van der Waals surface area contributed by atoms with E-state index in [2.05, 4.69) is 158 Å². The van der Waals surface area contributed by atoms with Crippen LogP contribution in [0.2, 0.25) is 0 Å². The lowest BCUT2D eigenvalue weighted by molar-refractivity contribution is 1.62. The van der Waals surface area contributed by atoms with Crippen molar-refractivity contribution in [2.45, 2.75) is 0 Å². The van der Waals surface area contributed by atoms with Gasteiger partial charge < -0.3 is 0 Å². The third-order valence-corrected chi connectivity index (χ3v) is 9.72. The lowest BCUT2D eigenvalue weighted by atomic mass is 9.84. The van der Waals surface area contributed by atoms with E-state index >= 15 is 0 Å². The van der Waals surface area contributed by atoms with Crippen molar-refractivity contribution in [3.63, 3.8) is 0 Å². The Morgan fingerprint density at radius 2 is 0.682 bits per heavy atom. The van der Waals surface area contributed by atoms with Crippen LogP contribution in [0.5, 0.6) is 0 Å². The Labute approximate surface area is 255 Å². The largest absolute Gasteiger partial charge is 0.0622 e. The predicted molar refractivity (Wildman–Crippen MR) is 190 cm³/mol. The Balaban J connectivity index is 1.59. The summed E-state index contributed by atoms with van der Waals surface area (Å²) in [6.07, 6.45) is 0. The molecule has 0 amide bonds. The summed E-state index contributed by atoms with van der Waals surface area (Å²) >= 11 is 0. The van der Waals surface area contributed by atoms with E-state index in [0.717, 1.165) is 0 Å². The molecule has 0 saturated carbocycles. The molecule has 10 rings (SSSR count). The van der Waals surface area contributed by atoms with Crippen molar-refractivity contribution in [2.75, 3.05) is 0 Å². The van der Waals surface area contributed by atoms with Gasteiger partial charge in [-0.25, -0.2) is 0 Å². The first kappa shape index (κ1) is 23.8. The number of hydrogen-bond acceptors (Lipinski definition) is 0. The molecule has 44 heavy (non-hydrogen) atoms. The van der Waals surface area contributed by atoms with Gasteiger partial charge in [0.1, 0.15) is 0 Å². The average molecular weight is 555 g/mol. The molecule has 0 heteroatoms. The van der Waals surface area contributed by atoms with Crippen molar-refractivity contribution in [2.24, 2.45) is 0 Å². The minimum Gasteiger partial charge on any atom is -0.0622 e. The summed E-state index contributed by atoms with van der Waals surface area (Å²) in [6, 6.07) is 58.2. The topological polar surface area (TPSA) is 0 Å². The quantitative estimate of drug-likeness (QED) is 0.204. The first-order valence-electron chi connectivity index (χ1n) is 15.4. The Bertz CT molecular complexity index is 2660. The normalized spacial score (nSPS) is 12.1. The van der Waals surface area contributed by atoms with Crippen molar-refractivity contribution in [1.29, 1.82) is 0 Å². The lowest BCUT2D eigenvalue weighted by Crippen LogP contribution is -1.91. The van der Waals surface area contributed by atoms with E-state index in [0.29, 0.717) is 0 Å². The van der Waals surface area contributed by atoms with Crippen LogP contribution in [-0.2, 0) is 0 Å². The van der Waals surface area contributed by atoms with Gasteiger partial charge in [-0.2, -0.15) is 0 Å². The van der Waals surface area contributed by atoms with Crippen molar-refractivity contribution in [1.82, 2.24) is 0 Å². The first-order chi connectivity index (χ1) is 21.9.